The summed E-state index contributed by atoms with van der Waals surface area (Å²) in [6.07, 6.45) is -2.83. The third-order valence-corrected chi connectivity index (χ3v) is 5.68. The van der Waals surface area contributed by atoms with Crippen molar-refractivity contribution in [3.63, 3.8) is 0 Å². The Morgan fingerprint density at radius 1 is 1.17 bits per heavy atom. The number of hydrogen-bond donors (Lipinski definition) is 2. The molecule has 0 fully saturated rings. The van der Waals surface area contributed by atoms with Gasteiger partial charge in [0.25, 0.3) is 5.91 Å². The molecular weight excluding hydrogens is 481 g/mol. The number of pyridine rings is 1. The summed E-state index contributed by atoms with van der Waals surface area (Å²) in [4.78, 5) is 29.6. The Morgan fingerprint density at radius 3 is 2.56 bits per heavy atom. The molecule has 0 bridgehead atoms. The van der Waals surface area contributed by atoms with Gasteiger partial charge in [-0.15, -0.1) is 0 Å². The lowest BCUT2D eigenvalue weighted by Gasteiger charge is -2.32. The molecule has 2 N–H and O–H groups in total. The minimum atomic E-state index is -4.48. The lowest BCUT2D eigenvalue weighted by molar-refractivity contribution is -0.137. The third kappa shape index (κ3) is 4.15. The van der Waals surface area contributed by atoms with Crippen LogP contribution in [-0.4, -0.2) is 43.6 Å². The van der Waals surface area contributed by atoms with Crippen molar-refractivity contribution in [3.8, 4) is 22.6 Å². The molecule has 36 heavy (non-hydrogen) atoms. The summed E-state index contributed by atoms with van der Waals surface area (Å²) in [5.74, 6) is -0.0403. The van der Waals surface area contributed by atoms with E-state index < -0.39 is 23.7 Å². The van der Waals surface area contributed by atoms with E-state index in [1.807, 2.05) is 6.92 Å². The average molecular weight is 498 g/mol. The molecule has 0 radical (unpaired) electrons. The zero-order chi connectivity index (χ0) is 25.6. The minimum absolute atomic E-state index is 0.142. The second-order valence-corrected chi connectivity index (χ2v) is 8.10. The molecule has 0 unspecified atom stereocenters. The molecule has 10 nitrogen and oxygen atoms in total. The maximum atomic E-state index is 13.4. The fourth-order valence-corrected chi connectivity index (χ4v) is 3.96. The van der Waals surface area contributed by atoms with Crippen LogP contribution < -0.4 is 10.2 Å². The molecule has 0 saturated heterocycles. The first-order valence-corrected chi connectivity index (χ1v) is 10.6. The fourth-order valence-electron chi connectivity index (χ4n) is 3.96. The van der Waals surface area contributed by atoms with Crippen molar-refractivity contribution in [2.45, 2.75) is 19.1 Å². The molecular formula is C23H17F3N6O4. The summed E-state index contributed by atoms with van der Waals surface area (Å²) >= 11 is 0. The van der Waals surface area contributed by atoms with Crippen molar-refractivity contribution in [1.29, 1.82) is 0 Å². The first-order valence-electron chi connectivity index (χ1n) is 10.6. The first-order chi connectivity index (χ1) is 17.1. The molecule has 184 valence electrons. The quantitative estimate of drug-likeness (QED) is 0.409. The molecule has 1 aliphatic heterocycles. The van der Waals surface area contributed by atoms with Gasteiger partial charge in [0.05, 0.1) is 23.4 Å². The largest absolute Gasteiger partial charge is 0.465 e. The predicted molar refractivity (Wildman–Crippen MR) is 120 cm³/mol. The van der Waals surface area contributed by atoms with Gasteiger partial charge in [-0.3, -0.25) is 14.8 Å². The smallest absolute Gasteiger partial charge is 0.416 e. The number of nitrogens with zero attached hydrogens (tertiary/aromatic N) is 5. The molecule has 4 heterocycles. The first kappa shape index (κ1) is 23.1. The Balaban J connectivity index is 1.45. The molecule has 1 atom stereocenters. The van der Waals surface area contributed by atoms with E-state index >= 15 is 0 Å². The third-order valence-electron chi connectivity index (χ3n) is 5.68. The van der Waals surface area contributed by atoms with Crippen molar-refractivity contribution in [2.75, 3.05) is 16.8 Å². The number of carbonyl (C=O) groups excluding carboxylic acids is 1. The molecule has 3 aromatic heterocycles. The number of halogens is 3. The summed E-state index contributed by atoms with van der Waals surface area (Å²) in [7, 11) is 0. The zero-order valence-electron chi connectivity index (χ0n) is 18.5. The van der Waals surface area contributed by atoms with E-state index in [-0.39, 0.29) is 29.9 Å². The van der Waals surface area contributed by atoms with Gasteiger partial charge >= 0.3 is 12.3 Å². The lowest BCUT2D eigenvalue weighted by Crippen LogP contribution is -2.42. The van der Waals surface area contributed by atoms with Crippen LogP contribution in [0.1, 0.15) is 29.0 Å². The van der Waals surface area contributed by atoms with Crippen LogP contribution in [0.15, 0.2) is 59.4 Å². The second kappa shape index (κ2) is 8.52. The summed E-state index contributed by atoms with van der Waals surface area (Å²) in [6, 6.07) is 8.81. The van der Waals surface area contributed by atoms with Crippen LogP contribution in [0.4, 0.5) is 29.5 Å². The van der Waals surface area contributed by atoms with Crippen molar-refractivity contribution in [1.82, 2.24) is 19.9 Å². The normalized spacial score (nSPS) is 15.6. The predicted octanol–water partition coefficient (Wildman–Crippen LogP) is 4.93. The Bertz CT molecular complexity index is 1440. The van der Waals surface area contributed by atoms with E-state index in [1.165, 1.54) is 35.5 Å². The Hall–Kier alpha value is -4.68. The summed E-state index contributed by atoms with van der Waals surface area (Å²) < 4.78 is 45.9. The van der Waals surface area contributed by atoms with Gasteiger partial charge in [0.15, 0.2) is 5.76 Å². The Kier molecular flexibility index (Phi) is 5.46. The number of amides is 2. The minimum Gasteiger partial charge on any atom is -0.465 e. The molecule has 0 spiro atoms. The van der Waals surface area contributed by atoms with Gasteiger partial charge < -0.3 is 14.5 Å². The topological polar surface area (TPSA) is 126 Å². The van der Waals surface area contributed by atoms with E-state index in [2.05, 4.69) is 20.6 Å². The van der Waals surface area contributed by atoms with Crippen LogP contribution in [-0.2, 0) is 6.18 Å². The van der Waals surface area contributed by atoms with Crippen molar-refractivity contribution < 1.29 is 32.4 Å². The molecule has 13 heteroatoms. The molecule has 0 saturated carbocycles. The van der Waals surface area contributed by atoms with Crippen molar-refractivity contribution in [3.05, 3.63) is 66.1 Å². The van der Waals surface area contributed by atoms with Gasteiger partial charge in [-0.1, -0.05) is 5.16 Å². The Morgan fingerprint density at radius 2 is 1.92 bits per heavy atom. The van der Waals surface area contributed by atoms with Crippen molar-refractivity contribution in [2.24, 2.45) is 0 Å². The van der Waals surface area contributed by atoms with E-state index in [9.17, 15) is 22.8 Å². The van der Waals surface area contributed by atoms with Crippen LogP contribution in [0.3, 0.4) is 0 Å². The van der Waals surface area contributed by atoms with Gasteiger partial charge in [0.1, 0.15) is 17.2 Å². The number of nitrogens with one attached hydrogen (secondary N) is 1. The van der Waals surface area contributed by atoms with E-state index in [0.717, 1.165) is 12.1 Å². The van der Waals surface area contributed by atoms with Gasteiger partial charge in [-0.2, -0.15) is 18.3 Å². The summed E-state index contributed by atoms with van der Waals surface area (Å²) in [5, 5.41) is 19.2. The van der Waals surface area contributed by atoms with Crippen LogP contribution in [0.25, 0.3) is 22.6 Å². The number of anilines is 2. The molecule has 1 aromatic carbocycles. The lowest BCUT2D eigenvalue weighted by atomic mass is 10.1. The number of rotatable bonds is 4. The van der Waals surface area contributed by atoms with Crippen molar-refractivity contribution >= 4 is 23.5 Å². The maximum Gasteiger partial charge on any atom is 0.416 e. The van der Waals surface area contributed by atoms with Crippen LogP contribution in [0, 0.1) is 0 Å². The number of carboxylic acid groups (broad SMARTS) is 1. The number of hydrogen-bond acceptors (Lipinski definition) is 6. The van der Waals surface area contributed by atoms with Crippen LogP contribution in [0.5, 0.6) is 0 Å². The van der Waals surface area contributed by atoms with Gasteiger partial charge in [0, 0.05) is 30.1 Å². The highest BCUT2D eigenvalue weighted by Crippen LogP contribution is 2.35. The van der Waals surface area contributed by atoms with E-state index in [4.69, 9.17) is 9.63 Å². The number of carbonyl (C=O) groups is 2. The highest BCUT2D eigenvalue weighted by molar-refractivity contribution is 6.09. The highest BCUT2D eigenvalue weighted by Gasteiger charge is 2.36. The molecule has 5 rings (SSSR count). The van der Waals surface area contributed by atoms with Crippen LogP contribution >= 0.6 is 0 Å². The molecule has 1 aliphatic rings. The fraction of sp³-hybridized carbons (Fsp3) is 0.174. The summed E-state index contributed by atoms with van der Waals surface area (Å²) in [5.41, 5.74) is 1.07. The molecule has 2 amide bonds. The monoisotopic (exact) mass is 498 g/mol. The molecule has 0 aliphatic carbocycles. The Labute approximate surface area is 201 Å². The summed E-state index contributed by atoms with van der Waals surface area (Å²) in [6.45, 7) is 2.07. The second-order valence-electron chi connectivity index (χ2n) is 8.10. The maximum absolute atomic E-state index is 13.4. The number of alkyl halides is 3. The number of aromatic nitrogens is 4. The zero-order valence-corrected chi connectivity index (χ0v) is 18.5. The van der Waals surface area contributed by atoms with Gasteiger partial charge in [0.2, 0.25) is 0 Å². The van der Waals surface area contributed by atoms with E-state index in [0.29, 0.717) is 22.5 Å². The molecule has 4 aromatic rings. The average Bonchev–Trinajstić information content (AvgIpc) is 3.49. The number of benzene rings is 1. The van der Waals surface area contributed by atoms with E-state index in [1.54, 1.807) is 16.8 Å². The standard InChI is InChI=1S/C23H17F3N6O4/c1-12-11-31(15-5-3-14(4-6-15)23(24,25)26)21(33)20-16(10-28-32(12)20)18-8-17(30-36-18)13-2-7-19(27-9-13)29-22(34)35/h2-10,12H,11H2,1H3,(H,27,29)(H,34,35)/t12-/m0/s1. The van der Waals surface area contributed by atoms with Gasteiger partial charge in [-0.05, 0) is 43.3 Å². The number of fused-ring (bicyclic) bond motifs is 1. The van der Waals surface area contributed by atoms with Crippen LogP contribution in [0.2, 0.25) is 0 Å². The van der Waals surface area contributed by atoms with Gasteiger partial charge in [-0.25, -0.2) is 9.78 Å². The SMILES string of the molecule is C[C@H]1CN(c2ccc(C(F)(F)F)cc2)C(=O)c2c(-c3cc(-c4ccc(NC(=O)O)nc4)no3)cnn21. The highest BCUT2D eigenvalue weighted by atomic mass is 19.4.